The number of fused-ring (bicyclic) bond motifs is 2. The van der Waals surface area contributed by atoms with Crippen molar-refractivity contribution < 1.29 is 20.1 Å². The third kappa shape index (κ3) is 8.51. The second-order valence-corrected chi connectivity index (χ2v) is 17.1. The Hall–Kier alpha value is -6.75. The first-order chi connectivity index (χ1) is 31.2. The van der Waals surface area contributed by atoms with Crippen molar-refractivity contribution in [2.24, 2.45) is 0 Å². The molecule has 0 N–H and O–H groups in total. The van der Waals surface area contributed by atoms with E-state index < -0.39 is 0 Å². The fourth-order valence-corrected chi connectivity index (χ4v) is 9.91. The van der Waals surface area contributed by atoms with E-state index >= 15 is 0 Å². The topological polar surface area (TPSA) is 38.7 Å². The minimum absolute atomic E-state index is 0. The number of hydrogen-bond acceptors (Lipinski definition) is 4. The Morgan fingerprint density at radius 3 is 1.62 bits per heavy atom. The molecule has 0 spiro atoms. The van der Waals surface area contributed by atoms with Gasteiger partial charge in [-0.25, -0.2) is 0 Å². The van der Waals surface area contributed by atoms with Gasteiger partial charge in [0.2, 0.25) is 0 Å². The van der Waals surface area contributed by atoms with Crippen LogP contribution in [0.4, 0.5) is 0 Å². The molecule has 10 aromatic rings. The van der Waals surface area contributed by atoms with Crippen molar-refractivity contribution in [1.29, 1.82) is 0 Å². The van der Waals surface area contributed by atoms with Gasteiger partial charge in [0.05, 0.1) is 0 Å². The third-order valence-corrected chi connectivity index (χ3v) is 13.1. The van der Waals surface area contributed by atoms with Crippen LogP contribution in [0.1, 0.15) is 22.3 Å². The molecule has 4 heterocycles. The van der Waals surface area contributed by atoms with Gasteiger partial charge >= 0.3 is 20.1 Å². The van der Waals surface area contributed by atoms with E-state index in [4.69, 9.17) is 4.98 Å². The Balaban J connectivity index is 0.00000484. The van der Waals surface area contributed by atoms with Crippen molar-refractivity contribution >= 4 is 22.5 Å². The number of aryl methyl sites for hydroxylation is 4. The van der Waals surface area contributed by atoms with Gasteiger partial charge in [-0.05, 0) is 98.3 Å². The Morgan fingerprint density at radius 2 is 1.02 bits per heavy atom. The molecular formula is C59H40IrN3S. The minimum Gasteiger partial charge on any atom is -0.305 e. The fourth-order valence-electron chi connectivity index (χ4n) is 8.79. The van der Waals surface area contributed by atoms with Crippen LogP contribution in [0.25, 0.3) is 77.9 Å². The Bertz CT molecular complexity index is 3120. The molecule has 0 radical (unpaired) electrons. The molecule has 3 nitrogen and oxygen atoms in total. The Labute approximate surface area is 392 Å². The molecule has 0 atom stereocenters. The fraction of sp³-hybridized carbons (Fsp3) is 0.0678. The summed E-state index contributed by atoms with van der Waals surface area (Å²) < 4.78 is 0. The summed E-state index contributed by atoms with van der Waals surface area (Å²) in [6.07, 6.45) is 9.27. The van der Waals surface area contributed by atoms with E-state index in [1.54, 1.807) is 0 Å². The molecule has 1 aliphatic heterocycles. The summed E-state index contributed by atoms with van der Waals surface area (Å²) in [6, 6.07) is 73.4. The van der Waals surface area contributed by atoms with Crippen LogP contribution in [0.3, 0.4) is 0 Å². The van der Waals surface area contributed by atoms with Gasteiger partial charge in [-0.2, -0.15) is 0 Å². The molecule has 306 valence electrons. The van der Waals surface area contributed by atoms with Gasteiger partial charge in [-0.15, -0.1) is 106 Å². The van der Waals surface area contributed by atoms with Crippen molar-refractivity contribution in [3.05, 3.63) is 235 Å². The van der Waals surface area contributed by atoms with Crippen LogP contribution in [0.5, 0.6) is 0 Å². The Kier molecular flexibility index (Phi) is 12.0. The molecule has 7 aromatic carbocycles. The van der Waals surface area contributed by atoms with Crippen LogP contribution in [0, 0.1) is 18.2 Å². The van der Waals surface area contributed by atoms with Crippen molar-refractivity contribution in [2.45, 2.75) is 35.5 Å². The SMILES string of the molecule is [Ir+3].[c-]1cc(CCc2cc(CCc3c[c-]c(-c4ccccn4)cc3)cc(-c3ccccc3-c3c[c-]c4c(c3)Sc3ccc(-c5ccccc5)c5ccnc-4c35)c2)ccc1-c1ccccn1. The number of aromatic nitrogens is 3. The quantitative estimate of drug-likeness (QED) is 0.121. The van der Waals surface area contributed by atoms with E-state index in [1.165, 1.54) is 70.6 Å². The Morgan fingerprint density at radius 1 is 0.406 bits per heavy atom. The zero-order chi connectivity index (χ0) is 42.0. The van der Waals surface area contributed by atoms with Crippen LogP contribution in [0.2, 0.25) is 0 Å². The maximum Gasteiger partial charge on any atom is 3.00 e. The van der Waals surface area contributed by atoms with Gasteiger partial charge in [-0.1, -0.05) is 132 Å². The van der Waals surface area contributed by atoms with Crippen LogP contribution >= 0.6 is 11.8 Å². The van der Waals surface area contributed by atoms with Crippen molar-refractivity contribution in [1.82, 2.24) is 15.0 Å². The monoisotopic (exact) mass is 1020 g/mol. The van der Waals surface area contributed by atoms with E-state index in [1.807, 2.05) is 66.8 Å². The standard InChI is InChI=1S/C59H40N3S.Ir/c1-2-10-44(11-3-1)51-30-31-56-58-52(51)32-35-62-59(58)53-29-28-47(39-57(53)63-56)49-12-4-5-13-50(49)48-37-42(18-16-40-20-24-45(25-21-40)54-14-6-8-33-60-54)36-43(38-48)19-17-41-22-26-46(27-23-41)55-15-7-9-34-61-55;/h1-15,20-24,26,28,30-39H,16-19H2;/q-3;+3. The molecule has 64 heavy (non-hydrogen) atoms. The summed E-state index contributed by atoms with van der Waals surface area (Å²) in [4.78, 5) is 16.4. The molecule has 0 aliphatic carbocycles. The molecule has 0 saturated carbocycles. The molecule has 0 saturated heterocycles. The molecule has 0 fully saturated rings. The van der Waals surface area contributed by atoms with E-state index in [9.17, 15) is 0 Å². The number of pyridine rings is 3. The molecule has 0 unspecified atom stereocenters. The maximum absolute atomic E-state index is 4.96. The van der Waals surface area contributed by atoms with Crippen LogP contribution in [0.15, 0.2) is 204 Å². The average Bonchev–Trinajstić information content (AvgIpc) is 3.36. The second-order valence-electron chi connectivity index (χ2n) is 16.0. The van der Waals surface area contributed by atoms with Crippen molar-refractivity contribution in [3.8, 4) is 67.2 Å². The summed E-state index contributed by atoms with van der Waals surface area (Å²) >= 11 is 1.82. The van der Waals surface area contributed by atoms with Gasteiger partial charge < -0.3 is 15.0 Å². The zero-order valence-electron chi connectivity index (χ0n) is 34.9. The van der Waals surface area contributed by atoms with Gasteiger partial charge in [0.1, 0.15) is 0 Å². The van der Waals surface area contributed by atoms with E-state index in [0.717, 1.165) is 65.0 Å². The molecule has 5 heteroatoms. The van der Waals surface area contributed by atoms with E-state index in [2.05, 4.69) is 168 Å². The minimum atomic E-state index is 0. The molecule has 11 rings (SSSR count). The number of benzene rings is 7. The summed E-state index contributed by atoms with van der Waals surface area (Å²) in [7, 11) is 0. The normalized spacial score (nSPS) is 11.5. The number of nitrogens with zero attached hydrogens (tertiary/aromatic N) is 3. The van der Waals surface area contributed by atoms with Crippen LogP contribution in [-0.4, -0.2) is 15.0 Å². The van der Waals surface area contributed by atoms with E-state index in [-0.39, 0.29) is 20.1 Å². The molecular weight excluding hydrogens is 975 g/mol. The molecule has 0 amide bonds. The smallest absolute Gasteiger partial charge is 0.305 e. The summed E-state index contributed by atoms with van der Waals surface area (Å²) in [5.41, 5.74) is 18.3. The van der Waals surface area contributed by atoms with Crippen LogP contribution in [-0.2, 0) is 45.8 Å². The largest absolute Gasteiger partial charge is 3.00 e. The van der Waals surface area contributed by atoms with Crippen molar-refractivity contribution in [3.63, 3.8) is 0 Å². The average molecular weight is 1020 g/mol. The van der Waals surface area contributed by atoms with Gasteiger partial charge in [0, 0.05) is 23.5 Å². The first-order valence-corrected chi connectivity index (χ1v) is 22.3. The molecule has 1 aliphatic rings. The maximum atomic E-state index is 4.96. The van der Waals surface area contributed by atoms with Crippen LogP contribution < -0.4 is 0 Å². The molecule has 3 aromatic heterocycles. The number of rotatable bonds is 11. The summed E-state index contributed by atoms with van der Waals surface area (Å²) in [5, 5.41) is 2.42. The van der Waals surface area contributed by atoms with Crippen molar-refractivity contribution in [2.75, 3.05) is 0 Å². The van der Waals surface area contributed by atoms with Gasteiger partial charge in [0.25, 0.3) is 0 Å². The van der Waals surface area contributed by atoms with Gasteiger partial charge in [-0.3, -0.25) is 0 Å². The van der Waals surface area contributed by atoms with E-state index in [0.29, 0.717) is 0 Å². The number of hydrogen-bond donors (Lipinski definition) is 0. The second kappa shape index (κ2) is 18.5. The zero-order valence-corrected chi connectivity index (χ0v) is 38.1. The summed E-state index contributed by atoms with van der Waals surface area (Å²) in [5.74, 6) is 0. The summed E-state index contributed by atoms with van der Waals surface area (Å²) in [6.45, 7) is 0. The van der Waals surface area contributed by atoms with Gasteiger partial charge in [0.15, 0.2) is 0 Å². The predicted octanol–water partition coefficient (Wildman–Crippen LogP) is 14.5. The first kappa shape index (κ1) is 41.3. The third-order valence-electron chi connectivity index (χ3n) is 12.0. The first-order valence-electron chi connectivity index (χ1n) is 21.5. The predicted molar refractivity (Wildman–Crippen MR) is 258 cm³/mol. The molecule has 0 bridgehead atoms.